The maximum Gasteiger partial charge on any atom is 0.124 e. The van der Waals surface area contributed by atoms with E-state index in [1.54, 1.807) is 12.1 Å². The third kappa shape index (κ3) is 12.1. The van der Waals surface area contributed by atoms with Gasteiger partial charge in [-0.3, -0.25) is 9.98 Å². The number of unbranched alkanes of at least 4 members (excludes halogenated alkanes) is 11. The van der Waals surface area contributed by atoms with Gasteiger partial charge in [0, 0.05) is 42.1 Å². The van der Waals surface area contributed by atoms with E-state index in [9.17, 15) is 10.2 Å². The first-order valence-electron chi connectivity index (χ1n) is 22.0. The lowest BCUT2D eigenvalue weighted by Gasteiger charge is -2.29. The van der Waals surface area contributed by atoms with E-state index in [2.05, 4.69) is 114 Å². The second-order valence-electron chi connectivity index (χ2n) is 15.7. The Morgan fingerprint density at radius 1 is 0.525 bits per heavy atom. The molecule has 0 heterocycles. The number of aliphatic imine (C=N–C) groups is 2. The van der Waals surface area contributed by atoms with Gasteiger partial charge in [0.15, 0.2) is 0 Å². The Morgan fingerprint density at radius 3 is 1.47 bits per heavy atom. The molecule has 2 N–H and O–H groups in total. The molecule has 4 nitrogen and oxygen atoms in total. The van der Waals surface area contributed by atoms with Gasteiger partial charge in [0.1, 0.15) is 11.5 Å². The van der Waals surface area contributed by atoms with Crippen molar-refractivity contribution in [3.05, 3.63) is 142 Å². The molecule has 1 aliphatic rings. The van der Waals surface area contributed by atoms with Gasteiger partial charge in [0.25, 0.3) is 0 Å². The van der Waals surface area contributed by atoms with Crippen molar-refractivity contribution in [1.82, 2.24) is 0 Å². The summed E-state index contributed by atoms with van der Waals surface area (Å²) in [6, 6.07) is 25.2. The fourth-order valence-corrected chi connectivity index (χ4v) is 8.04. The van der Waals surface area contributed by atoms with E-state index >= 15 is 0 Å². The number of nitrogens with zero attached hydrogens (tertiary/aromatic N) is 2. The molecule has 1 aliphatic carbocycles. The highest BCUT2D eigenvalue weighted by atomic mass is 16.3. The summed E-state index contributed by atoms with van der Waals surface area (Å²) < 4.78 is 0. The summed E-state index contributed by atoms with van der Waals surface area (Å²) in [7, 11) is 0. The predicted octanol–water partition coefficient (Wildman–Crippen LogP) is 14.6. The van der Waals surface area contributed by atoms with Crippen LogP contribution >= 0.6 is 0 Å². The number of hydrogen-bond acceptors (Lipinski definition) is 4. The van der Waals surface area contributed by atoms with Crippen LogP contribution in [0.5, 0.6) is 11.5 Å². The minimum Gasteiger partial charge on any atom is -0.507 e. The molecule has 4 aromatic carbocycles. The molecule has 4 heteroatoms. The van der Waals surface area contributed by atoms with E-state index in [0.717, 1.165) is 78.6 Å². The molecular formula is C55H62N2O2. The van der Waals surface area contributed by atoms with Crippen LogP contribution in [0.4, 0.5) is 0 Å². The van der Waals surface area contributed by atoms with Crippen LogP contribution in [0.2, 0.25) is 0 Å². The van der Waals surface area contributed by atoms with Crippen LogP contribution < -0.4 is 0 Å². The standard InChI is InChI=1S/C55H62N2O2/c1-5-9-13-17-19-21-33-55(34-22-20-18-14-10-6-2)51-39-45(43-27-31-53(58)47(37-43)41-56-35-23-15-11-7-3)25-29-49(51)50-30-26-46(40-52(50)55)44-28-32-54(59)48(38-44)42-57-36-24-16-12-8-4/h25-33,37-42,58-59H,1,6-8,10-12,14-16,18,20,22-24,34-36H2,2-4H3. The van der Waals surface area contributed by atoms with Crippen LogP contribution in [-0.2, 0) is 5.41 Å². The number of allylic oxidation sites excluding steroid dienone is 1. The number of hydrogen-bond donors (Lipinski definition) is 2. The molecule has 4 aromatic rings. The topological polar surface area (TPSA) is 65.2 Å². The number of benzene rings is 4. The first kappa shape index (κ1) is 44.3. The van der Waals surface area contributed by atoms with Gasteiger partial charge in [0.2, 0.25) is 0 Å². The third-order valence-corrected chi connectivity index (χ3v) is 11.3. The lowest BCUT2D eigenvalue weighted by atomic mass is 9.73. The fourth-order valence-electron chi connectivity index (χ4n) is 8.04. The SMILES string of the molecule is C=C=C=C=C=C=C=CC1(CCCCCCCC)c2cc(-c3ccc(O)c(C=NCCCCCC)c3)ccc2-c2ccc(-c3ccc(O)c(C=NCCCCCC)c3)cc21. The number of rotatable bonds is 22. The van der Waals surface area contributed by atoms with Crippen molar-refractivity contribution >= 4 is 12.4 Å². The van der Waals surface area contributed by atoms with Gasteiger partial charge in [-0.1, -0.05) is 146 Å². The van der Waals surface area contributed by atoms with Crippen molar-refractivity contribution in [2.75, 3.05) is 13.1 Å². The van der Waals surface area contributed by atoms with Gasteiger partial charge in [-0.15, -0.1) is 0 Å². The molecule has 5 rings (SSSR count). The van der Waals surface area contributed by atoms with Crippen molar-refractivity contribution in [2.45, 2.75) is 122 Å². The highest BCUT2D eigenvalue weighted by Crippen LogP contribution is 2.54. The van der Waals surface area contributed by atoms with Gasteiger partial charge in [-0.2, -0.15) is 0 Å². The molecule has 0 aliphatic heterocycles. The summed E-state index contributed by atoms with van der Waals surface area (Å²) in [5.41, 5.74) is 27.4. The minimum atomic E-state index is -0.506. The van der Waals surface area contributed by atoms with Crippen molar-refractivity contribution in [2.24, 2.45) is 9.98 Å². The van der Waals surface area contributed by atoms with E-state index < -0.39 is 5.41 Å². The molecule has 304 valence electrons. The molecule has 0 atom stereocenters. The highest BCUT2D eigenvalue weighted by Gasteiger charge is 2.41. The zero-order valence-corrected chi connectivity index (χ0v) is 35.7. The van der Waals surface area contributed by atoms with Crippen molar-refractivity contribution in [1.29, 1.82) is 0 Å². The zero-order valence-electron chi connectivity index (χ0n) is 35.7. The van der Waals surface area contributed by atoms with E-state index in [4.69, 9.17) is 0 Å². The van der Waals surface area contributed by atoms with Gasteiger partial charge in [-0.25, -0.2) is 0 Å². The molecule has 0 radical (unpaired) electrons. The predicted molar refractivity (Wildman–Crippen MR) is 249 cm³/mol. The number of fused-ring (bicyclic) bond motifs is 3. The summed E-state index contributed by atoms with van der Waals surface area (Å²) in [6.07, 6.45) is 23.1. The summed E-state index contributed by atoms with van der Waals surface area (Å²) in [6.45, 7) is 11.8. The normalized spacial score (nSPS) is 13.9. The number of aromatic hydroxyl groups is 2. The van der Waals surface area contributed by atoms with E-state index in [0.29, 0.717) is 0 Å². The maximum atomic E-state index is 10.8. The third-order valence-electron chi connectivity index (χ3n) is 11.3. The Hall–Kier alpha value is -5.76. The van der Waals surface area contributed by atoms with Crippen molar-refractivity contribution in [3.63, 3.8) is 0 Å². The summed E-state index contributed by atoms with van der Waals surface area (Å²) >= 11 is 0. The lowest BCUT2D eigenvalue weighted by Crippen LogP contribution is -2.22. The average Bonchev–Trinajstić information content (AvgIpc) is 3.52. The first-order valence-corrected chi connectivity index (χ1v) is 22.0. The quantitative estimate of drug-likeness (QED) is 0.0474. The van der Waals surface area contributed by atoms with E-state index in [1.165, 1.54) is 86.5 Å². The smallest absolute Gasteiger partial charge is 0.124 e. The van der Waals surface area contributed by atoms with Crippen LogP contribution in [0.25, 0.3) is 33.4 Å². The molecule has 59 heavy (non-hydrogen) atoms. The monoisotopic (exact) mass is 782 g/mol. The van der Waals surface area contributed by atoms with Crippen LogP contribution in [0.3, 0.4) is 0 Å². The van der Waals surface area contributed by atoms with Crippen LogP contribution in [0.15, 0.2) is 130 Å². The Morgan fingerprint density at radius 2 is 0.966 bits per heavy atom. The summed E-state index contributed by atoms with van der Waals surface area (Å²) in [4.78, 5) is 9.32. The molecule has 0 saturated heterocycles. The van der Waals surface area contributed by atoms with E-state index in [1.807, 2.05) is 36.7 Å². The Labute approximate surface area is 353 Å². The second-order valence-corrected chi connectivity index (χ2v) is 15.7. The molecule has 0 bridgehead atoms. The van der Waals surface area contributed by atoms with Crippen LogP contribution in [-0.4, -0.2) is 35.7 Å². The van der Waals surface area contributed by atoms with E-state index in [-0.39, 0.29) is 11.5 Å². The molecule has 0 spiro atoms. The lowest BCUT2D eigenvalue weighted by molar-refractivity contribution is 0.474. The van der Waals surface area contributed by atoms with Gasteiger partial charge in [-0.05, 0) is 136 Å². The fraction of sp³-hybridized carbons (Fsp3) is 0.382. The zero-order chi connectivity index (χ0) is 41.7. The molecule has 0 aromatic heterocycles. The second kappa shape index (κ2) is 23.6. The van der Waals surface area contributed by atoms with Crippen molar-refractivity contribution < 1.29 is 10.2 Å². The first-order chi connectivity index (χ1) is 28.9. The minimum absolute atomic E-state index is 0.230. The molecular weight excluding hydrogens is 721 g/mol. The van der Waals surface area contributed by atoms with Gasteiger partial charge in [0.05, 0.1) is 0 Å². The van der Waals surface area contributed by atoms with Gasteiger partial charge >= 0.3 is 0 Å². The average molecular weight is 783 g/mol. The Bertz CT molecular complexity index is 2200. The number of phenolic OH excluding ortho intramolecular Hbond substituents is 2. The molecule has 0 unspecified atom stereocenters. The Kier molecular flexibility index (Phi) is 17.7. The molecule has 0 amide bonds. The Balaban J connectivity index is 1.62. The summed E-state index contributed by atoms with van der Waals surface area (Å²) in [5, 5.41) is 21.6. The number of phenols is 2. The largest absolute Gasteiger partial charge is 0.507 e. The van der Waals surface area contributed by atoms with Gasteiger partial charge < -0.3 is 10.2 Å². The summed E-state index contributed by atoms with van der Waals surface area (Å²) in [5.74, 6) is 0.460. The highest BCUT2D eigenvalue weighted by molar-refractivity contribution is 5.90. The van der Waals surface area contributed by atoms with Crippen LogP contribution in [0.1, 0.15) is 139 Å². The van der Waals surface area contributed by atoms with Crippen molar-refractivity contribution in [3.8, 4) is 44.9 Å². The maximum absolute atomic E-state index is 10.8. The molecule has 0 fully saturated rings. The molecule has 0 saturated carbocycles. The van der Waals surface area contributed by atoms with Crippen LogP contribution in [0, 0.1) is 0 Å².